The Morgan fingerprint density at radius 3 is 2.30 bits per heavy atom. The zero-order valence-electron chi connectivity index (χ0n) is 16.7. The van der Waals surface area contributed by atoms with Crippen LogP contribution in [-0.2, 0) is 0 Å². The topological polar surface area (TPSA) is 74.4 Å². The standard InChI is InChI=1S/C23H19BrN2O3S/c1-12(27)22-21(25)20-16(14-6-9-18(28-2)19(10-14)29-3)11-17(26-23(20)30-22)13-4-7-15(24)8-5-13/h4-11H,25H2,1-3H3. The van der Waals surface area contributed by atoms with Crippen molar-refractivity contribution in [1.29, 1.82) is 0 Å². The minimum Gasteiger partial charge on any atom is -0.493 e. The van der Waals surface area contributed by atoms with Crippen LogP contribution in [0.2, 0.25) is 0 Å². The SMILES string of the molecule is COc1ccc(-c2cc(-c3ccc(Br)cc3)nc3sc(C(C)=O)c(N)c23)cc1OC. The highest BCUT2D eigenvalue weighted by Gasteiger charge is 2.20. The van der Waals surface area contributed by atoms with Crippen LogP contribution in [0.15, 0.2) is 53.0 Å². The number of methoxy groups -OCH3 is 2. The molecule has 152 valence electrons. The second-order valence-electron chi connectivity index (χ2n) is 6.71. The van der Waals surface area contributed by atoms with E-state index in [-0.39, 0.29) is 5.78 Å². The number of carbonyl (C=O) groups excluding carboxylic acids is 1. The molecule has 0 unspecified atom stereocenters. The summed E-state index contributed by atoms with van der Waals surface area (Å²) >= 11 is 4.79. The molecule has 0 fully saturated rings. The second kappa shape index (κ2) is 8.08. The molecule has 0 radical (unpaired) electrons. The molecule has 7 heteroatoms. The molecule has 0 bridgehead atoms. The highest BCUT2D eigenvalue weighted by molar-refractivity contribution is 9.10. The summed E-state index contributed by atoms with van der Waals surface area (Å²) in [6.07, 6.45) is 0. The number of halogens is 1. The Bertz CT molecular complexity index is 1270. The molecule has 2 N–H and O–H groups in total. The first-order chi connectivity index (χ1) is 14.4. The Hall–Kier alpha value is -2.90. The quantitative estimate of drug-likeness (QED) is 0.343. The first-order valence-corrected chi connectivity index (χ1v) is 10.8. The number of nitrogens with two attached hydrogens (primary N) is 1. The van der Waals surface area contributed by atoms with E-state index < -0.39 is 0 Å². The number of pyridine rings is 1. The van der Waals surface area contributed by atoms with Gasteiger partial charge in [-0.3, -0.25) is 4.79 Å². The lowest BCUT2D eigenvalue weighted by atomic mass is 9.99. The first-order valence-electron chi connectivity index (χ1n) is 9.15. The summed E-state index contributed by atoms with van der Waals surface area (Å²) in [6.45, 7) is 1.52. The maximum absolute atomic E-state index is 12.1. The van der Waals surface area contributed by atoms with Gasteiger partial charge in [-0.2, -0.15) is 0 Å². The number of anilines is 1. The molecule has 0 spiro atoms. The fourth-order valence-corrected chi connectivity index (χ4v) is 4.66. The number of carbonyl (C=O) groups is 1. The first kappa shape index (κ1) is 20.4. The molecule has 0 aliphatic heterocycles. The minimum absolute atomic E-state index is 0.0704. The van der Waals surface area contributed by atoms with Crippen LogP contribution in [0.1, 0.15) is 16.6 Å². The monoisotopic (exact) mass is 482 g/mol. The van der Waals surface area contributed by atoms with E-state index in [0.29, 0.717) is 22.1 Å². The predicted molar refractivity (Wildman–Crippen MR) is 126 cm³/mol. The van der Waals surface area contributed by atoms with E-state index in [2.05, 4.69) is 15.9 Å². The van der Waals surface area contributed by atoms with Crippen molar-refractivity contribution in [3.63, 3.8) is 0 Å². The van der Waals surface area contributed by atoms with Crippen LogP contribution in [0.4, 0.5) is 5.69 Å². The number of ether oxygens (including phenoxy) is 2. The zero-order valence-corrected chi connectivity index (χ0v) is 19.1. The number of aromatic nitrogens is 1. The minimum atomic E-state index is -0.0704. The fraction of sp³-hybridized carbons (Fsp3) is 0.130. The number of hydrogen-bond acceptors (Lipinski definition) is 6. The summed E-state index contributed by atoms with van der Waals surface area (Å²) < 4.78 is 11.8. The number of rotatable bonds is 5. The number of nitrogen functional groups attached to an aromatic ring is 1. The van der Waals surface area contributed by atoms with E-state index in [0.717, 1.165) is 37.1 Å². The third-order valence-electron chi connectivity index (χ3n) is 4.85. The van der Waals surface area contributed by atoms with E-state index in [4.69, 9.17) is 20.2 Å². The molecule has 2 heterocycles. The van der Waals surface area contributed by atoms with Crippen molar-refractivity contribution in [2.75, 3.05) is 20.0 Å². The Morgan fingerprint density at radius 1 is 1.00 bits per heavy atom. The van der Waals surface area contributed by atoms with Gasteiger partial charge in [-0.25, -0.2) is 4.98 Å². The number of Topliss-reactive ketones (excluding diaryl/α,β-unsaturated/α-hetero) is 1. The molecule has 5 nitrogen and oxygen atoms in total. The summed E-state index contributed by atoms with van der Waals surface area (Å²) in [5, 5.41) is 0.776. The molecular weight excluding hydrogens is 464 g/mol. The van der Waals surface area contributed by atoms with Crippen molar-refractivity contribution >= 4 is 49.0 Å². The van der Waals surface area contributed by atoms with Gasteiger partial charge in [-0.05, 0) is 41.5 Å². The van der Waals surface area contributed by atoms with E-state index in [1.807, 2.05) is 48.5 Å². The Balaban J connectivity index is 2.03. The average molecular weight is 483 g/mol. The zero-order chi connectivity index (χ0) is 21.4. The molecule has 0 amide bonds. The number of thiophene rings is 1. The van der Waals surface area contributed by atoms with Crippen molar-refractivity contribution < 1.29 is 14.3 Å². The van der Waals surface area contributed by atoms with Crippen molar-refractivity contribution in [3.8, 4) is 33.9 Å². The number of fused-ring (bicyclic) bond motifs is 1. The Kier molecular flexibility index (Phi) is 5.49. The summed E-state index contributed by atoms with van der Waals surface area (Å²) in [5.41, 5.74) is 10.4. The van der Waals surface area contributed by atoms with E-state index in [9.17, 15) is 4.79 Å². The van der Waals surface area contributed by atoms with Crippen molar-refractivity contribution in [3.05, 3.63) is 57.9 Å². The van der Waals surface area contributed by atoms with Gasteiger partial charge >= 0.3 is 0 Å². The van der Waals surface area contributed by atoms with Gasteiger partial charge in [0.2, 0.25) is 0 Å². The Labute approximate surface area is 186 Å². The molecule has 4 rings (SSSR count). The van der Waals surface area contributed by atoms with Gasteiger partial charge in [0, 0.05) is 22.3 Å². The summed E-state index contributed by atoms with van der Waals surface area (Å²) in [5.74, 6) is 1.19. The molecule has 4 aromatic rings. The fourth-order valence-electron chi connectivity index (χ4n) is 3.38. The van der Waals surface area contributed by atoms with Gasteiger partial charge in [0.05, 0.1) is 30.5 Å². The van der Waals surface area contributed by atoms with Gasteiger partial charge in [0.1, 0.15) is 4.83 Å². The van der Waals surface area contributed by atoms with Crippen LogP contribution in [0, 0.1) is 0 Å². The molecule has 2 aromatic heterocycles. The van der Waals surface area contributed by atoms with Crippen LogP contribution in [-0.4, -0.2) is 25.0 Å². The summed E-state index contributed by atoms with van der Waals surface area (Å²) in [6, 6.07) is 15.7. The van der Waals surface area contributed by atoms with Crippen LogP contribution in [0.5, 0.6) is 11.5 Å². The van der Waals surface area contributed by atoms with Crippen molar-refractivity contribution in [2.45, 2.75) is 6.92 Å². The van der Waals surface area contributed by atoms with Gasteiger partial charge in [0.25, 0.3) is 0 Å². The predicted octanol–water partition coefficient (Wildman–Crippen LogP) is 6.19. The van der Waals surface area contributed by atoms with Crippen LogP contribution < -0.4 is 15.2 Å². The van der Waals surface area contributed by atoms with E-state index in [1.54, 1.807) is 14.2 Å². The molecule has 2 aromatic carbocycles. The highest BCUT2D eigenvalue weighted by atomic mass is 79.9. The number of nitrogens with zero attached hydrogens (tertiary/aromatic N) is 1. The molecule has 0 aliphatic rings. The molecule has 0 saturated carbocycles. The molecular formula is C23H19BrN2O3S. The third-order valence-corrected chi connectivity index (χ3v) is 6.58. The lowest BCUT2D eigenvalue weighted by Crippen LogP contribution is -1.96. The average Bonchev–Trinajstić information content (AvgIpc) is 3.10. The number of benzene rings is 2. The normalized spacial score (nSPS) is 10.9. The number of hydrogen-bond donors (Lipinski definition) is 1. The van der Waals surface area contributed by atoms with Gasteiger partial charge < -0.3 is 15.2 Å². The second-order valence-corrected chi connectivity index (χ2v) is 8.63. The van der Waals surface area contributed by atoms with Gasteiger partial charge in [-0.15, -0.1) is 11.3 Å². The van der Waals surface area contributed by atoms with Gasteiger partial charge in [0.15, 0.2) is 17.3 Å². The number of ketones is 1. The molecule has 0 saturated heterocycles. The van der Waals surface area contributed by atoms with Gasteiger partial charge in [-0.1, -0.05) is 34.1 Å². The lowest BCUT2D eigenvalue weighted by Gasteiger charge is -2.12. The molecule has 30 heavy (non-hydrogen) atoms. The lowest BCUT2D eigenvalue weighted by molar-refractivity contribution is 0.102. The van der Waals surface area contributed by atoms with Crippen molar-refractivity contribution in [1.82, 2.24) is 4.98 Å². The van der Waals surface area contributed by atoms with Crippen LogP contribution in [0.3, 0.4) is 0 Å². The largest absolute Gasteiger partial charge is 0.493 e. The maximum Gasteiger partial charge on any atom is 0.171 e. The van der Waals surface area contributed by atoms with Crippen LogP contribution in [0.25, 0.3) is 32.6 Å². The molecule has 0 atom stereocenters. The van der Waals surface area contributed by atoms with Crippen molar-refractivity contribution in [2.24, 2.45) is 0 Å². The summed E-state index contributed by atoms with van der Waals surface area (Å²) in [4.78, 5) is 18.2. The Morgan fingerprint density at radius 2 is 1.67 bits per heavy atom. The van der Waals surface area contributed by atoms with E-state index in [1.165, 1.54) is 18.3 Å². The summed E-state index contributed by atoms with van der Waals surface area (Å²) in [7, 11) is 3.20. The van der Waals surface area contributed by atoms with Crippen LogP contribution >= 0.6 is 27.3 Å². The smallest absolute Gasteiger partial charge is 0.171 e. The maximum atomic E-state index is 12.1. The third kappa shape index (κ3) is 3.55. The molecule has 0 aliphatic carbocycles. The van der Waals surface area contributed by atoms with E-state index >= 15 is 0 Å². The highest BCUT2D eigenvalue weighted by Crippen LogP contribution is 2.43.